The highest BCUT2D eigenvalue weighted by Gasteiger charge is 2.27. The Bertz CT molecular complexity index is 1790. The number of aliphatic hydroxyl groups is 1. The number of amides is 2. The standard InChI is InChI=1S/C32H38ClN9O3/c1-18(43)15-42-14-11-26-24(17-42)36-29(41(26)5)31(44)37-22-8-6-7-20(19(22)2)21-9-12-34-28(27(21)33)38-32(45)30-35-23-16-39(3)13-10-25(23)40(30)4/h6-9,12,18,43H,10-11,13-17H2,1-5H3,(H,37,44)(H,34,38,45). The Labute approximate surface area is 267 Å². The maximum Gasteiger partial charge on any atom is 0.292 e. The Morgan fingerprint density at radius 2 is 1.58 bits per heavy atom. The molecule has 0 fully saturated rings. The highest BCUT2D eigenvalue weighted by atomic mass is 35.5. The molecule has 0 saturated heterocycles. The molecule has 0 saturated carbocycles. The van der Waals surface area contributed by atoms with E-state index >= 15 is 0 Å². The van der Waals surface area contributed by atoms with Gasteiger partial charge in [-0.1, -0.05) is 23.7 Å². The topological polar surface area (TPSA) is 133 Å². The van der Waals surface area contributed by atoms with Gasteiger partial charge >= 0.3 is 0 Å². The average Bonchev–Trinajstić information content (AvgIpc) is 3.50. The molecule has 1 atom stereocenters. The lowest BCUT2D eigenvalue weighted by molar-refractivity contribution is 0.100. The number of anilines is 2. The van der Waals surface area contributed by atoms with Crippen LogP contribution < -0.4 is 10.6 Å². The van der Waals surface area contributed by atoms with E-state index in [0.29, 0.717) is 42.5 Å². The molecule has 2 aliphatic rings. The quantitative estimate of drug-likeness (QED) is 0.283. The molecule has 2 aliphatic heterocycles. The fraction of sp³-hybridized carbons (Fsp3) is 0.406. The lowest BCUT2D eigenvalue weighted by atomic mass is 9.99. The number of pyridine rings is 1. The number of carbonyl (C=O) groups is 2. The van der Waals surface area contributed by atoms with Gasteiger partial charge in [0.1, 0.15) is 0 Å². The van der Waals surface area contributed by atoms with Gasteiger partial charge < -0.3 is 29.8 Å². The van der Waals surface area contributed by atoms with Gasteiger partial charge in [0.25, 0.3) is 11.8 Å². The van der Waals surface area contributed by atoms with Crippen LogP contribution >= 0.6 is 11.6 Å². The Morgan fingerprint density at radius 1 is 0.933 bits per heavy atom. The number of hydrogen-bond acceptors (Lipinski definition) is 8. The van der Waals surface area contributed by atoms with Crippen molar-refractivity contribution in [1.29, 1.82) is 0 Å². The van der Waals surface area contributed by atoms with E-state index in [1.807, 2.05) is 55.4 Å². The molecular weight excluding hydrogens is 594 g/mol. The predicted molar refractivity (Wildman–Crippen MR) is 172 cm³/mol. The molecule has 0 aliphatic carbocycles. The van der Waals surface area contributed by atoms with Crippen molar-refractivity contribution in [1.82, 2.24) is 33.9 Å². The van der Waals surface area contributed by atoms with Gasteiger partial charge in [0.2, 0.25) is 0 Å². The van der Waals surface area contributed by atoms with Crippen molar-refractivity contribution in [2.24, 2.45) is 14.1 Å². The van der Waals surface area contributed by atoms with E-state index in [9.17, 15) is 14.7 Å². The Hall–Kier alpha value is -4.10. The molecule has 5 heterocycles. The number of fused-ring (bicyclic) bond motifs is 2. The summed E-state index contributed by atoms with van der Waals surface area (Å²) in [5, 5.41) is 16.0. The first-order valence-corrected chi connectivity index (χ1v) is 15.4. The van der Waals surface area contributed by atoms with Crippen LogP contribution in [-0.2, 0) is 40.0 Å². The van der Waals surface area contributed by atoms with Crippen LogP contribution in [0.2, 0.25) is 5.02 Å². The molecule has 236 valence electrons. The van der Waals surface area contributed by atoms with Crippen LogP contribution in [0.5, 0.6) is 0 Å². The number of aliphatic hydroxyl groups excluding tert-OH is 1. The minimum Gasteiger partial charge on any atom is -0.392 e. The number of rotatable bonds is 7. The summed E-state index contributed by atoms with van der Waals surface area (Å²) in [6.07, 6.45) is 2.75. The second-order valence-electron chi connectivity index (χ2n) is 12.0. The summed E-state index contributed by atoms with van der Waals surface area (Å²) in [6.45, 7) is 7.25. The summed E-state index contributed by atoms with van der Waals surface area (Å²) in [5.41, 5.74) is 6.74. The van der Waals surface area contributed by atoms with Crippen molar-refractivity contribution < 1.29 is 14.7 Å². The van der Waals surface area contributed by atoms with Gasteiger partial charge in [-0.25, -0.2) is 15.0 Å². The van der Waals surface area contributed by atoms with E-state index in [4.69, 9.17) is 11.6 Å². The third-order valence-electron chi connectivity index (χ3n) is 8.70. The summed E-state index contributed by atoms with van der Waals surface area (Å²) in [5.74, 6) is 0.177. The van der Waals surface area contributed by atoms with Crippen molar-refractivity contribution >= 4 is 34.9 Å². The minimum atomic E-state index is -0.428. The summed E-state index contributed by atoms with van der Waals surface area (Å²) in [7, 11) is 5.75. The second-order valence-corrected chi connectivity index (χ2v) is 12.4. The molecule has 3 N–H and O–H groups in total. The molecule has 0 radical (unpaired) electrons. The monoisotopic (exact) mass is 631 g/mol. The number of nitrogens with zero attached hydrogens (tertiary/aromatic N) is 7. The van der Waals surface area contributed by atoms with Crippen LogP contribution in [0.3, 0.4) is 0 Å². The number of likely N-dealkylation sites (N-methyl/N-ethyl adjacent to an activating group) is 1. The largest absolute Gasteiger partial charge is 0.392 e. The molecule has 6 rings (SSSR count). The Kier molecular flexibility index (Phi) is 8.49. The highest BCUT2D eigenvalue weighted by Crippen LogP contribution is 2.36. The lowest BCUT2D eigenvalue weighted by Gasteiger charge is -2.27. The van der Waals surface area contributed by atoms with E-state index in [1.54, 1.807) is 19.2 Å². The molecular formula is C32H38ClN9O3. The van der Waals surface area contributed by atoms with E-state index in [0.717, 1.165) is 59.8 Å². The van der Waals surface area contributed by atoms with E-state index in [1.165, 1.54) is 0 Å². The fourth-order valence-corrected chi connectivity index (χ4v) is 6.58. The summed E-state index contributed by atoms with van der Waals surface area (Å²) < 4.78 is 3.70. The van der Waals surface area contributed by atoms with Gasteiger partial charge in [0.05, 0.1) is 22.5 Å². The molecule has 1 unspecified atom stereocenters. The zero-order valence-corrected chi connectivity index (χ0v) is 26.9. The summed E-state index contributed by atoms with van der Waals surface area (Å²) in [4.78, 5) is 44.7. The third kappa shape index (κ3) is 5.98. The van der Waals surface area contributed by atoms with Gasteiger partial charge in [0, 0.05) is 88.5 Å². The number of aromatic nitrogens is 5. The van der Waals surface area contributed by atoms with Gasteiger partial charge in [0.15, 0.2) is 17.5 Å². The number of halogens is 1. The maximum absolute atomic E-state index is 13.5. The number of β-amino-alcohol motifs (C(OH)–C–C–N with tert-alkyl or cyclic N) is 1. The molecule has 13 heteroatoms. The molecule has 12 nitrogen and oxygen atoms in total. The molecule has 0 spiro atoms. The molecule has 1 aromatic carbocycles. The number of imidazole rings is 2. The van der Waals surface area contributed by atoms with E-state index in [-0.39, 0.29) is 22.7 Å². The summed E-state index contributed by atoms with van der Waals surface area (Å²) in [6, 6.07) is 7.38. The smallest absolute Gasteiger partial charge is 0.292 e. The molecule has 2 amide bonds. The van der Waals surface area contributed by atoms with Crippen LogP contribution in [0.4, 0.5) is 11.5 Å². The first kappa shape index (κ1) is 30.9. The Morgan fingerprint density at radius 3 is 2.27 bits per heavy atom. The van der Waals surface area contributed by atoms with Crippen molar-refractivity contribution in [3.8, 4) is 11.1 Å². The number of hydrogen-bond donors (Lipinski definition) is 3. The Balaban J connectivity index is 1.22. The van der Waals surface area contributed by atoms with Crippen LogP contribution in [0.15, 0.2) is 30.5 Å². The van der Waals surface area contributed by atoms with Gasteiger partial charge in [-0.3, -0.25) is 14.5 Å². The SMILES string of the molecule is Cc1c(NC(=O)c2nc3c(n2C)CCN(CC(C)O)C3)cccc1-c1ccnc(NC(=O)c2nc3c(n2C)CCN(C)C3)c1Cl. The first-order chi connectivity index (χ1) is 21.5. The van der Waals surface area contributed by atoms with Crippen LogP contribution in [0.25, 0.3) is 11.1 Å². The normalized spacial score (nSPS) is 15.8. The molecule has 0 bridgehead atoms. The van der Waals surface area contributed by atoms with Crippen LogP contribution in [-0.4, -0.2) is 83.6 Å². The summed E-state index contributed by atoms with van der Waals surface area (Å²) >= 11 is 6.85. The lowest BCUT2D eigenvalue weighted by Crippen LogP contribution is -2.36. The second kappa shape index (κ2) is 12.4. The zero-order chi connectivity index (χ0) is 32.0. The van der Waals surface area contributed by atoms with Gasteiger partial charge in [-0.05, 0) is 44.2 Å². The van der Waals surface area contributed by atoms with Crippen molar-refractivity contribution in [3.63, 3.8) is 0 Å². The van der Waals surface area contributed by atoms with Gasteiger partial charge in [-0.15, -0.1) is 0 Å². The number of nitrogens with one attached hydrogen (secondary N) is 2. The average molecular weight is 632 g/mol. The predicted octanol–water partition coefficient (Wildman–Crippen LogP) is 3.41. The van der Waals surface area contributed by atoms with E-state index < -0.39 is 6.10 Å². The fourth-order valence-electron chi connectivity index (χ4n) is 6.32. The van der Waals surface area contributed by atoms with Crippen LogP contribution in [0.1, 0.15) is 56.5 Å². The minimum absolute atomic E-state index is 0.231. The van der Waals surface area contributed by atoms with Crippen molar-refractivity contribution in [2.75, 3.05) is 37.3 Å². The maximum atomic E-state index is 13.5. The van der Waals surface area contributed by atoms with Crippen molar-refractivity contribution in [3.05, 3.63) is 75.5 Å². The number of carbonyl (C=O) groups excluding carboxylic acids is 2. The molecule has 4 aromatic rings. The molecule has 45 heavy (non-hydrogen) atoms. The molecule has 3 aromatic heterocycles. The van der Waals surface area contributed by atoms with Crippen LogP contribution in [0, 0.1) is 6.92 Å². The van der Waals surface area contributed by atoms with E-state index in [2.05, 4.69) is 35.4 Å². The first-order valence-electron chi connectivity index (χ1n) is 15.1. The number of benzene rings is 1. The third-order valence-corrected chi connectivity index (χ3v) is 9.09. The zero-order valence-electron chi connectivity index (χ0n) is 26.2. The van der Waals surface area contributed by atoms with Gasteiger partial charge in [-0.2, -0.15) is 0 Å². The van der Waals surface area contributed by atoms with Crippen molar-refractivity contribution in [2.45, 2.75) is 45.9 Å². The highest BCUT2D eigenvalue weighted by molar-refractivity contribution is 6.36.